The molecule has 5 nitrogen and oxygen atoms in total. The minimum Gasteiger partial charge on any atom is -0.497 e. The first kappa shape index (κ1) is 24.6. The van der Waals surface area contributed by atoms with Crippen molar-refractivity contribution in [2.24, 2.45) is 0 Å². The van der Waals surface area contributed by atoms with Crippen LogP contribution in [0.25, 0.3) is 11.1 Å². The zero-order chi connectivity index (χ0) is 24.5. The topological polar surface area (TPSA) is 62.4 Å². The van der Waals surface area contributed by atoms with Gasteiger partial charge in [0.1, 0.15) is 11.3 Å². The van der Waals surface area contributed by atoms with Gasteiger partial charge >= 0.3 is 0 Å². The fourth-order valence-electron chi connectivity index (χ4n) is 4.82. The van der Waals surface area contributed by atoms with E-state index < -0.39 is 5.54 Å². The Morgan fingerprint density at radius 3 is 2.29 bits per heavy atom. The Morgan fingerprint density at radius 2 is 1.60 bits per heavy atom. The molecular weight excluding hydrogens is 434 g/mol. The van der Waals surface area contributed by atoms with Crippen LogP contribution in [-0.4, -0.2) is 31.1 Å². The van der Waals surface area contributed by atoms with Gasteiger partial charge in [-0.15, -0.1) is 0 Å². The van der Waals surface area contributed by atoms with Gasteiger partial charge in [0.15, 0.2) is 0 Å². The van der Waals surface area contributed by atoms with Gasteiger partial charge in [0.05, 0.1) is 7.11 Å². The summed E-state index contributed by atoms with van der Waals surface area (Å²) in [5.74, 6) is 0.934. The van der Waals surface area contributed by atoms with Crippen LogP contribution in [0.2, 0.25) is 0 Å². The number of hydrogen-bond acceptors (Lipinski definition) is 4. The van der Waals surface area contributed by atoms with E-state index in [2.05, 4.69) is 71.4 Å². The van der Waals surface area contributed by atoms with E-state index >= 15 is 0 Å². The molecule has 1 aliphatic carbocycles. The van der Waals surface area contributed by atoms with Crippen LogP contribution in [-0.2, 0) is 4.79 Å². The molecule has 0 spiro atoms. The molecule has 0 radical (unpaired) electrons. The highest BCUT2D eigenvalue weighted by Crippen LogP contribution is 2.33. The molecule has 0 unspecified atom stereocenters. The fraction of sp³-hybridized carbons (Fsp3) is 0.367. The van der Waals surface area contributed by atoms with Crippen LogP contribution >= 0.6 is 0 Å². The monoisotopic (exact) mass is 471 g/mol. The van der Waals surface area contributed by atoms with Crippen molar-refractivity contribution in [1.82, 2.24) is 5.32 Å². The molecule has 35 heavy (non-hydrogen) atoms. The van der Waals surface area contributed by atoms with E-state index in [0.717, 1.165) is 54.8 Å². The second kappa shape index (κ2) is 11.8. The minimum absolute atomic E-state index is 0.0425. The number of rotatable bonds is 10. The molecule has 0 heterocycles. The van der Waals surface area contributed by atoms with Gasteiger partial charge in [0, 0.05) is 24.0 Å². The van der Waals surface area contributed by atoms with Gasteiger partial charge in [-0.1, -0.05) is 68.7 Å². The highest BCUT2D eigenvalue weighted by atomic mass is 16.5. The summed E-state index contributed by atoms with van der Waals surface area (Å²) in [4.78, 5) is 13.7. The molecule has 0 saturated heterocycles. The number of nitrogens with one attached hydrogen (secondary N) is 3. The first-order valence-electron chi connectivity index (χ1n) is 12.7. The van der Waals surface area contributed by atoms with E-state index in [1.165, 1.54) is 12.0 Å². The van der Waals surface area contributed by atoms with Gasteiger partial charge in [-0.2, -0.15) is 0 Å². The maximum Gasteiger partial charge on any atom is 0.245 e. The van der Waals surface area contributed by atoms with E-state index in [1.807, 2.05) is 30.3 Å². The standard InChI is InChI=1S/C30H37N3O2/c1-3-25(22-31-26-15-17-28(35-2)18-16-26)32-29(34)30(19-8-5-9-20-30)33-27-14-10-13-24(21-27)23-11-6-4-7-12-23/h4,6-7,10-18,21,25,31,33H,3,5,8-9,19-20,22H2,1-2H3,(H,32,34)/t25-/m0/s1. The summed E-state index contributed by atoms with van der Waals surface area (Å²) < 4.78 is 5.24. The van der Waals surface area contributed by atoms with Gasteiger partial charge in [-0.3, -0.25) is 4.79 Å². The van der Waals surface area contributed by atoms with Gasteiger partial charge < -0.3 is 20.7 Å². The van der Waals surface area contributed by atoms with Crippen molar-refractivity contribution in [3.05, 3.63) is 78.9 Å². The molecule has 4 rings (SSSR count). The maximum atomic E-state index is 13.7. The molecule has 1 fully saturated rings. The second-order valence-electron chi connectivity index (χ2n) is 9.40. The molecule has 1 aliphatic rings. The molecule has 5 heteroatoms. The van der Waals surface area contributed by atoms with E-state index in [-0.39, 0.29) is 11.9 Å². The van der Waals surface area contributed by atoms with Crippen molar-refractivity contribution >= 4 is 17.3 Å². The average Bonchev–Trinajstić information content (AvgIpc) is 2.92. The largest absolute Gasteiger partial charge is 0.497 e. The predicted molar refractivity (Wildman–Crippen MR) is 145 cm³/mol. The molecule has 3 aromatic rings. The SMILES string of the molecule is CC[C@@H](CNc1ccc(OC)cc1)NC(=O)C1(Nc2cccc(-c3ccccc3)c2)CCCCC1. The van der Waals surface area contributed by atoms with E-state index in [0.29, 0.717) is 6.54 Å². The van der Waals surface area contributed by atoms with Crippen LogP contribution in [0.4, 0.5) is 11.4 Å². The molecule has 0 aromatic heterocycles. The van der Waals surface area contributed by atoms with Crippen LogP contribution in [0.5, 0.6) is 5.75 Å². The Bertz CT molecular complexity index is 1080. The quantitative estimate of drug-likeness (QED) is 0.316. The first-order valence-corrected chi connectivity index (χ1v) is 12.7. The van der Waals surface area contributed by atoms with Crippen molar-refractivity contribution in [3.8, 4) is 16.9 Å². The lowest BCUT2D eigenvalue weighted by molar-refractivity contribution is -0.127. The third kappa shape index (κ3) is 6.36. The maximum absolute atomic E-state index is 13.7. The minimum atomic E-state index is -0.582. The lowest BCUT2D eigenvalue weighted by atomic mass is 9.80. The normalized spacial score (nSPS) is 15.6. The van der Waals surface area contributed by atoms with E-state index in [1.54, 1.807) is 7.11 Å². The molecule has 184 valence electrons. The zero-order valence-corrected chi connectivity index (χ0v) is 20.8. The molecule has 0 bridgehead atoms. The third-order valence-corrected chi connectivity index (χ3v) is 6.97. The highest BCUT2D eigenvalue weighted by molar-refractivity contribution is 5.90. The lowest BCUT2D eigenvalue weighted by Crippen LogP contribution is -2.56. The van der Waals surface area contributed by atoms with Crippen molar-refractivity contribution in [2.45, 2.75) is 57.0 Å². The van der Waals surface area contributed by atoms with Gasteiger partial charge in [0.2, 0.25) is 5.91 Å². The van der Waals surface area contributed by atoms with Crippen LogP contribution in [0.15, 0.2) is 78.9 Å². The van der Waals surface area contributed by atoms with Crippen LogP contribution in [0.3, 0.4) is 0 Å². The lowest BCUT2D eigenvalue weighted by Gasteiger charge is -2.38. The molecule has 1 saturated carbocycles. The first-order chi connectivity index (χ1) is 17.1. The smallest absolute Gasteiger partial charge is 0.245 e. The molecule has 3 aromatic carbocycles. The zero-order valence-electron chi connectivity index (χ0n) is 20.8. The summed E-state index contributed by atoms with van der Waals surface area (Å²) in [7, 11) is 1.66. The number of carbonyl (C=O) groups is 1. The molecule has 1 atom stereocenters. The molecule has 0 aliphatic heterocycles. The number of hydrogen-bond donors (Lipinski definition) is 3. The molecule has 3 N–H and O–H groups in total. The Kier molecular flexibility index (Phi) is 8.30. The van der Waals surface area contributed by atoms with Crippen molar-refractivity contribution in [2.75, 3.05) is 24.3 Å². The summed E-state index contributed by atoms with van der Waals surface area (Å²) in [6.07, 6.45) is 5.83. The van der Waals surface area contributed by atoms with E-state index in [9.17, 15) is 4.79 Å². The summed E-state index contributed by atoms with van der Waals surface area (Å²) in [6, 6.07) is 26.7. The van der Waals surface area contributed by atoms with Crippen LogP contribution in [0, 0.1) is 0 Å². The van der Waals surface area contributed by atoms with Gasteiger partial charge in [-0.05, 0) is 66.8 Å². The summed E-state index contributed by atoms with van der Waals surface area (Å²) >= 11 is 0. The Labute approximate surface area is 209 Å². The fourth-order valence-corrected chi connectivity index (χ4v) is 4.82. The number of anilines is 2. The van der Waals surface area contributed by atoms with Crippen LogP contribution < -0.4 is 20.7 Å². The van der Waals surface area contributed by atoms with Gasteiger partial charge in [-0.25, -0.2) is 0 Å². The van der Waals surface area contributed by atoms with E-state index in [4.69, 9.17) is 4.74 Å². The number of carbonyl (C=O) groups excluding carboxylic acids is 1. The average molecular weight is 472 g/mol. The second-order valence-corrected chi connectivity index (χ2v) is 9.40. The number of ether oxygens (including phenoxy) is 1. The Balaban J connectivity index is 1.45. The molecule has 1 amide bonds. The Morgan fingerprint density at radius 1 is 0.886 bits per heavy atom. The van der Waals surface area contributed by atoms with Crippen molar-refractivity contribution in [3.63, 3.8) is 0 Å². The summed E-state index contributed by atoms with van der Waals surface area (Å²) in [6.45, 7) is 2.79. The summed E-state index contributed by atoms with van der Waals surface area (Å²) in [5, 5.41) is 10.5. The van der Waals surface area contributed by atoms with Gasteiger partial charge in [0.25, 0.3) is 0 Å². The summed E-state index contributed by atoms with van der Waals surface area (Å²) in [5.41, 5.74) is 3.75. The number of methoxy groups -OCH3 is 1. The Hall–Kier alpha value is -3.47. The highest BCUT2D eigenvalue weighted by Gasteiger charge is 2.40. The number of benzene rings is 3. The third-order valence-electron chi connectivity index (χ3n) is 6.97. The van der Waals surface area contributed by atoms with Crippen molar-refractivity contribution < 1.29 is 9.53 Å². The van der Waals surface area contributed by atoms with Crippen LogP contribution in [0.1, 0.15) is 45.4 Å². The predicted octanol–water partition coefficient (Wildman–Crippen LogP) is 6.48. The number of amides is 1. The van der Waals surface area contributed by atoms with Crippen molar-refractivity contribution in [1.29, 1.82) is 0 Å². The molecular formula is C30H37N3O2.